The van der Waals surface area contributed by atoms with Crippen LogP contribution in [-0.2, 0) is 4.74 Å². The lowest BCUT2D eigenvalue weighted by Crippen LogP contribution is -2.29. The van der Waals surface area contributed by atoms with Crippen LogP contribution < -0.4 is 10.1 Å². The van der Waals surface area contributed by atoms with Gasteiger partial charge in [-0.15, -0.1) is 0 Å². The summed E-state index contributed by atoms with van der Waals surface area (Å²) < 4.78 is 9.96. The van der Waals surface area contributed by atoms with Crippen molar-refractivity contribution in [2.24, 2.45) is 0 Å². The fourth-order valence-corrected chi connectivity index (χ4v) is 1.52. The molecule has 0 heterocycles. The molecule has 6 nitrogen and oxygen atoms in total. The maximum Gasteiger partial charge on any atom is 0.337 e. The number of ether oxygens (including phenoxy) is 2. The predicted molar refractivity (Wildman–Crippen MR) is 66.3 cm³/mol. The molecule has 0 fully saturated rings. The number of hydrogen-bond donors (Lipinski definition) is 3. The molecule has 1 atom stereocenters. The Kier molecular flexibility index (Phi) is 5.41. The van der Waals surface area contributed by atoms with E-state index < -0.39 is 5.97 Å². The van der Waals surface area contributed by atoms with Crippen LogP contribution in [0.15, 0.2) is 18.2 Å². The van der Waals surface area contributed by atoms with Crippen LogP contribution in [-0.4, -0.2) is 49.7 Å². The number of aromatic carboxylic acids is 1. The quantitative estimate of drug-likeness (QED) is 0.668. The number of aliphatic hydroxyl groups excluding tert-OH is 1. The minimum Gasteiger partial charge on any atom is -0.497 e. The zero-order valence-electron chi connectivity index (χ0n) is 10.3. The zero-order chi connectivity index (χ0) is 13.5. The van der Waals surface area contributed by atoms with Crippen LogP contribution >= 0.6 is 0 Å². The monoisotopic (exact) mass is 255 g/mol. The van der Waals surface area contributed by atoms with Gasteiger partial charge in [0.2, 0.25) is 0 Å². The number of methoxy groups -OCH3 is 2. The first-order chi connectivity index (χ1) is 8.62. The molecule has 0 saturated heterocycles. The summed E-state index contributed by atoms with van der Waals surface area (Å²) in [7, 11) is 3.01. The Morgan fingerprint density at radius 1 is 1.44 bits per heavy atom. The molecule has 0 aliphatic rings. The first-order valence-electron chi connectivity index (χ1n) is 5.40. The van der Waals surface area contributed by atoms with Gasteiger partial charge in [-0.05, 0) is 12.1 Å². The highest BCUT2D eigenvalue weighted by atomic mass is 16.5. The second-order valence-corrected chi connectivity index (χ2v) is 3.70. The van der Waals surface area contributed by atoms with Gasteiger partial charge in [0, 0.05) is 13.2 Å². The Labute approximate surface area is 105 Å². The van der Waals surface area contributed by atoms with Gasteiger partial charge >= 0.3 is 5.97 Å². The Morgan fingerprint density at radius 3 is 2.67 bits per heavy atom. The summed E-state index contributed by atoms with van der Waals surface area (Å²) in [5.41, 5.74) is 0.503. The number of benzene rings is 1. The molecule has 0 radical (unpaired) electrons. The average molecular weight is 255 g/mol. The largest absolute Gasteiger partial charge is 0.497 e. The summed E-state index contributed by atoms with van der Waals surface area (Å²) in [4.78, 5) is 11.1. The molecule has 0 aliphatic heterocycles. The predicted octanol–water partition coefficient (Wildman–Crippen LogP) is 0.813. The number of carboxylic acid groups (broad SMARTS) is 1. The first-order valence-corrected chi connectivity index (χ1v) is 5.40. The molecule has 0 aromatic heterocycles. The molecular weight excluding hydrogens is 238 g/mol. The molecule has 3 N–H and O–H groups in total. The normalized spacial score (nSPS) is 11.9. The molecule has 1 aromatic carbocycles. The Morgan fingerprint density at radius 2 is 2.17 bits per heavy atom. The molecule has 1 unspecified atom stereocenters. The summed E-state index contributed by atoms with van der Waals surface area (Å²) in [5.74, 6) is -0.508. The summed E-state index contributed by atoms with van der Waals surface area (Å²) in [5, 5.41) is 21.1. The molecule has 0 bridgehead atoms. The van der Waals surface area contributed by atoms with E-state index in [0.29, 0.717) is 11.4 Å². The number of nitrogens with one attached hydrogen (secondary N) is 1. The molecular formula is C12H17NO5. The van der Waals surface area contributed by atoms with E-state index in [1.807, 2.05) is 0 Å². The van der Waals surface area contributed by atoms with E-state index >= 15 is 0 Å². The molecule has 0 spiro atoms. The van der Waals surface area contributed by atoms with Crippen LogP contribution in [0.5, 0.6) is 5.75 Å². The van der Waals surface area contributed by atoms with Crippen molar-refractivity contribution in [2.75, 3.05) is 32.8 Å². The van der Waals surface area contributed by atoms with E-state index in [4.69, 9.17) is 19.7 Å². The minimum absolute atomic E-state index is 0.116. The Bertz CT molecular complexity index is 407. The van der Waals surface area contributed by atoms with Crippen LogP contribution in [0.1, 0.15) is 10.4 Å². The van der Waals surface area contributed by atoms with Gasteiger partial charge in [-0.3, -0.25) is 0 Å². The maximum absolute atomic E-state index is 11.1. The van der Waals surface area contributed by atoms with Crippen molar-refractivity contribution >= 4 is 11.7 Å². The van der Waals surface area contributed by atoms with Gasteiger partial charge in [0.15, 0.2) is 0 Å². The number of aliphatic hydroxyl groups is 1. The molecule has 1 aromatic rings. The van der Waals surface area contributed by atoms with Gasteiger partial charge < -0.3 is 25.0 Å². The summed E-state index contributed by atoms with van der Waals surface area (Å²) >= 11 is 0. The second kappa shape index (κ2) is 6.83. The number of carbonyl (C=O) groups is 1. The van der Waals surface area contributed by atoms with Gasteiger partial charge in [0.25, 0.3) is 0 Å². The lowest BCUT2D eigenvalue weighted by molar-refractivity contribution is 0.0697. The lowest BCUT2D eigenvalue weighted by atomic mass is 10.1. The van der Waals surface area contributed by atoms with Crippen LogP contribution in [0.3, 0.4) is 0 Å². The van der Waals surface area contributed by atoms with Crippen molar-refractivity contribution in [2.45, 2.75) is 6.04 Å². The van der Waals surface area contributed by atoms with Crippen LogP contribution in [0.4, 0.5) is 5.69 Å². The lowest BCUT2D eigenvalue weighted by Gasteiger charge is -2.18. The Balaban J connectivity index is 2.99. The van der Waals surface area contributed by atoms with Crippen molar-refractivity contribution in [3.63, 3.8) is 0 Å². The van der Waals surface area contributed by atoms with Gasteiger partial charge in [0.05, 0.1) is 37.6 Å². The maximum atomic E-state index is 11.1. The van der Waals surface area contributed by atoms with Crippen molar-refractivity contribution in [1.29, 1.82) is 0 Å². The van der Waals surface area contributed by atoms with E-state index in [9.17, 15) is 4.79 Å². The standard InChI is InChI=1S/C12H17NO5/c1-17-7-8(6-14)13-11-5-9(18-2)3-4-10(11)12(15)16/h3-5,8,13-14H,6-7H2,1-2H3,(H,15,16). The second-order valence-electron chi connectivity index (χ2n) is 3.70. The van der Waals surface area contributed by atoms with E-state index in [2.05, 4.69) is 5.32 Å². The van der Waals surface area contributed by atoms with E-state index in [-0.39, 0.29) is 24.8 Å². The van der Waals surface area contributed by atoms with Crippen molar-refractivity contribution in [3.8, 4) is 5.75 Å². The number of carboxylic acids is 1. The topological polar surface area (TPSA) is 88.0 Å². The smallest absolute Gasteiger partial charge is 0.337 e. The summed E-state index contributed by atoms with van der Waals surface area (Å²) in [6.07, 6.45) is 0. The third kappa shape index (κ3) is 3.61. The molecule has 0 amide bonds. The number of anilines is 1. The van der Waals surface area contributed by atoms with Crippen LogP contribution in [0.25, 0.3) is 0 Å². The van der Waals surface area contributed by atoms with Crippen LogP contribution in [0, 0.1) is 0 Å². The zero-order valence-corrected chi connectivity index (χ0v) is 10.3. The van der Waals surface area contributed by atoms with Crippen LogP contribution in [0.2, 0.25) is 0 Å². The molecule has 0 aliphatic carbocycles. The molecule has 18 heavy (non-hydrogen) atoms. The average Bonchev–Trinajstić information content (AvgIpc) is 2.37. The molecule has 0 saturated carbocycles. The van der Waals surface area contributed by atoms with Gasteiger partial charge in [0.1, 0.15) is 5.75 Å². The number of rotatable bonds is 7. The fraction of sp³-hybridized carbons (Fsp3) is 0.417. The van der Waals surface area contributed by atoms with E-state index in [0.717, 1.165) is 0 Å². The highest BCUT2D eigenvalue weighted by Gasteiger charge is 2.14. The SMILES string of the molecule is COCC(CO)Nc1cc(OC)ccc1C(=O)O. The molecule has 100 valence electrons. The van der Waals surface area contributed by atoms with Gasteiger partial charge in [-0.2, -0.15) is 0 Å². The summed E-state index contributed by atoms with van der Waals surface area (Å²) in [6, 6.07) is 4.21. The van der Waals surface area contributed by atoms with E-state index in [1.54, 1.807) is 12.1 Å². The molecule has 1 rings (SSSR count). The van der Waals surface area contributed by atoms with E-state index in [1.165, 1.54) is 20.3 Å². The van der Waals surface area contributed by atoms with Crippen molar-refractivity contribution in [1.82, 2.24) is 0 Å². The molecule has 6 heteroatoms. The first kappa shape index (κ1) is 14.3. The van der Waals surface area contributed by atoms with Gasteiger partial charge in [-0.1, -0.05) is 0 Å². The minimum atomic E-state index is -1.05. The highest BCUT2D eigenvalue weighted by Crippen LogP contribution is 2.23. The van der Waals surface area contributed by atoms with Gasteiger partial charge in [-0.25, -0.2) is 4.79 Å². The summed E-state index contributed by atoms with van der Waals surface area (Å²) in [6.45, 7) is 0.108. The highest BCUT2D eigenvalue weighted by molar-refractivity contribution is 5.94. The number of hydrogen-bond acceptors (Lipinski definition) is 5. The van der Waals surface area contributed by atoms with Crippen molar-refractivity contribution in [3.05, 3.63) is 23.8 Å². The third-order valence-electron chi connectivity index (χ3n) is 2.41. The third-order valence-corrected chi connectivity index (χ3v) is 2.41. The van der Waals surface area contributed by atoms with Crippen molar-refractivity contribution < 1.29 is 24.5 Å². The Hall–Kier alpha value is -1.79. The fourth-order valence-electron chi connectivity index (χ4n) is 1.52.